The largest absolute Gasteiger partial charge is 0.507 e. The highest BCUT2D eigenvalue weighted by Crippen LogP contribution is 2.31. The summed E-state index contributed by atoms with van der Waals surface area (Å²) in [5.41, 5.74) is 3.64. The molecule has 0 saturated carbocycles. The molecule has 1 aliphatic heterocycles. The van der Waals surface area contributed by atoms with Crippen LogP contribution in [-0.2, 0) is 11.8 Å². The predicted octanol–water partition coefficient (Wildman–Crippen LogP) is 3.84. The van der Waals surface area contributed by atoms with Crippen molar-refractivity contribution in [1.29, 1.82) is 0 Å². The number of nitrogens with zero attached hydrogens (tertiary/aromatic N) is 8. The molecule has 4 heterocycles. The standard InChI is InChI=1S/C28H33N9O4/c1-4-7-23(41-28(39)40)37-33-25(32-34-37)24-22(17-31-35(24)3)19-10-12-20(13-11-19)27(38)36(21-9-6-14-29-16-21)26-18(2)8-5-15-30-26/h5,8,10-13,15,17,21,23,29H,4,6-7,9,14,16H2,1-3H3,(H,39,40)/t21-,23+/m1/s1. The summed E-state index contributed by atoms with van der Waals surface area (Å²) in [6.45, 7) is 5.53. The number of nitrogens with one attached hydrogen (secondary N) is 1. The number of ether oxygens (including phenoxy) is 1. The van der Waals surface area contributed by atoms with Crippen LogP contribution in [-0.4, -0.2) is 71.3 Å². The minimum Gasteiger partial charge on any atom is -0.450 e. The molecule has 214 valence electrons. The summed E-state index contributed by atoms with van der Waals surface area (Å²) in [6.07, 6.45) is 4.09. The fourth-order valence-electron chi connectivity index (χ4n) is 5.09. The Bertz CT molecular complexity index is 1510. The lowest BCUT2D eigenvalue weighted by molar-refractivity contribution is -0.00166. The zero-order chi connectivity index (χ0) is 28.9. The first-order valence-electron chi connectivity index (χ1n) is 13.6. The van der Waals surface area contributed by atoms with E-state index in [9.17, 15) is 9.59 Å². The molecule has 0 bridgehead atoms. The molecule has 5 rings (SSSR count). The van der Waals surface area contributed by atoms with Crippen molar-refractivity contribution in [2.45, 2.75) is 51.8 Å². The summed E-state index contributed by atoms with van der Waals surface area (Å²) in [7, 11) is 1.76. The number of pyridine rings is 1. The molecule has 0 spiro atoms. The second-order valence-corrected chi connectivity index (χ2v) is 9.99. The number of amides is 1. The van der Waals surface area contributed by atoms with E-state index in [0.29, 0.717) is 36.5 Å². The number of aryl methyl sites for hydroxylation is 2. The Hall–Kier alpha value is -4.65. The molecular weight excluding hydrogens is 526 g/mol. The number of rotatable bonds is 9. The molecule has 2 atom stereocenters. The van der Waals surface area contributed by atoms with Crippen molar-refractivity contribution in [3.8, 4) is 22.6 Å². The van der Waals surface area contributed by atoms with Crippen molar-refractivity contribution in [2.24, 2.45) is 7.05 Å². The third kappa shape index (κ3) is 5.94. The summed E-state index contributed by atoms with van der Waals surface area (Å²) in [5.74, 6) is 0.840. The summed E-state index contributed by atoms with van der Waals surface area (Å²) < 4.78 is 6.57. The Morgan fingerprint density at radius 2 is 2.05 bits per heavy atom. The van der Waals surface area contributed by atoms with E-state index in [1.165, 1.54) is 4.80 Å². The van der Waals surface area contributed by atoms with Gasteiger partial charge in [0, 0.05) is 37.3 Å². The van der Waals surface area contributed by atoms with Crippen LogP contribution in [0.5, 0.6) is 0 Å². The monoisotopic (exact) mass is 559 g/mol. The summed E-state index contributed by atoms with van der Waals surface area (Å²) in [5, 5.41) is 29.5. The number of carbonyl (C=O) groups is 2. The van der Waals surface area contributed by atoms with Crippen LogP contribution in [0.25, 0.3) is 22.6 Å². The number of carboxylic acid groups (broad SMARTS) is 1. The molecule has 1 fully saturated rings. The quantitative estimate of drug-likeness (QED) is 0.289. The summed E-state index contributed by atoms with van der Waals surface area (Å²) in [6, 6.07) is 11.2. The van der Waals surface area contributed by atoms with Crippen molar-refractivity contribution in [3.63, 3.8) is 0 Å². The number of benzene rings is 1. The van der Waals surface area contributed by atoms with Crippen LogP contribution in [0.2, 0.25) is 0 Å². The van der Waals surface area contributed by atoms with E-state index >= 15 is 0 Å². The zero-order valence-electron chi connectivity index (χ0n) is 23.3. The molecule has 0 unspecified atom stereocenters. The van der Waals surface area contributed by atoms with Gasteiger partial charge in [-0.25, -0.2) is 9.78 Å². The van der Waals surface area contributed by atoms with E-state index in [2.05, 4.69) is 30.8 Å². The van der Waals surface area contributed by atoms with Gasteiger partial charge in [0.2, 0.25) is 12.1 Å². The highest BCUT2D eigenvalue weighted by molar-refractivity contribution is 6.06. The van der Waals surface area contributed by atoms with Gasteiger partial charge in [0.25, 0.3) is 5.91 Å². The van der Waals surface area contributed by atoms with Crippen molar-refractivity contribution in [2.75, 3.05) is 18.0 Å². The number of carbonyl (C=O) groups excluding carboxylic acids is 1. The van der Waals surface area contributed by atoms with E-state index in [0.717, 1.165) is 36.1 Å². The molecule has 2 N–H and O–H groups in total. The van der Waals surface area contributed by atoms with Crippen LogP contribution >= 0.6 is 0 Å². The van der Waals surface area contributed by atoms with Crippen molar-refractivity contribution >= 4 is 17.9 Å². The Morgan fingerprint density at radius 3 is 2.73 bits per heavy atom. The predicted molar refractivity (Wildman–Crippen MR) is 150 cm³/mol. The van der Waals surface area contributed by atoms with E-state index in [4.69, 9.17) is 9.84 Å². The highest BCUT2D eigenvalue weighted by atomic mass is 16.7. The van der Waals surface area contributed by atoms with Gasteiger partial charge in [-0.15, -0.1) is 15.0 Å². The fraction of sp³-hybridized carbons (Fsp3) is 0.393. The SMILES string of the molecule is CCC[C@H](OC(=O)O)n1nnc(-c2c(-c3ccc(C(=O)N(c4ncccc4C)[C@@H]4CCCNC4)cc3)cnn2C)n1. The normalized spacial score (nSPS) is 15.8. The Morgan fingerprint density at radius 1 is 1.24 bits per heavy atom. The lowest BCUT2D eigenvalue weighted by atomic mass is 10.0. The molecule has 3 aromatic heterocycles. The van der Waals surface area contributed by atoms with E-state index in [1.807, 2.05) is 43.0 Å². The number of anilines is 1. The van der Waals surface area contributed by atoms with Crippen LogP contribution in [0.4, 0.5) is 10.6 Å². The van der Waals surface area contributed by atoms with Gasteiger partial charge in [0.15, 0.2) is 0 Å². The first kappa shape index (κ1) is 27.9. The Kier molecular flexibility index (Phi) is 8.34. The molecule has 1 aromatic carbocycles. The maximum atomic E-state index is 13.9. The van der Waals surface area contributed by atoms with E-state index in [-0.39, 0.29) is 17.8 Å². The molecule has 1 amide bonds. The van der Waals surface area contributed by atoms with Crippen molar-refractivity contribution < 1.29 is 19.4 Å². The summed E-state index contributed by atoms with van der Waals surface area (Å²) >= 11 is 0. The number of piperidine rings is 1. The molecular formula is C28H33N9O4. The minimum atomic E-state index is -1.41. The number of hydrogen-bond acceptors (Lipinski definition) is 9. The average Bonchev–Trinajstić information content (AvgIpc) is 3.61. The van der Waals surface area contributed by atoms with E-state index in [1.54, 1.807) is 36.3 Å². The van der Waals surface area contributed by atoms with E-state index < -0.39 is 12.4 Å². The van der Waals surface area contributed by atoms with Crippen LogP contribution in [0, 0.1) is 6.92 Å². The topological polar surface area (TPSA) is 153 Å². The lowest BCUT2D eigenvalue weighted by Crippen LogP contribution is -2.49. The third-order valence-electron chi connectivity index (χ3n) is 7.12. The van der Waals surface area contributed by atoms with Gasteiger partial charge in [-0.2, -0.15) is 5.10 Å². The van der Waals surface area contributed by atoms with Crippen molar-refractivity contribution in [1.82, 2.24) is 40.3 Å². The summed E-state index contributed by atoms with van der Waals surface area (Å²) in [4.78, 5) is 32.6. The first-order valence-corrected chi connectivity index (χ1v) is 13.6. The molecule has 0 aliphatic carbocycles. The van der Waals surface area contributed by atoms with Gasteiger partial charge in [-0.1, -0.05) is 31.5 Å². The van der Waals surface area contributed by atoms with Crippen LogP contribution in [0.1, 0.15) is 54.8 Å². The second kappa shape index (κ2) is 12.3. The van der Waals surface area contributed by atoms with Gasteiger partial charge in [0.05, 0.1) is 12.2 Å². The second-order valence-electron chi connectivity index (χ2n) is 9.99. The third-order valence-corrected chi connectivity index (χ3v) is 7.12. The van der Waals surface area contributed by atoms with Gasteiger partial charge < -0.3 is 15.2 Å². The smallest absolute Gasteiger partial charge is 0.450 e. The van der Waals surface area contributed by atoms with Gasteiger partial charge in [0.1, 0.15) is 11.5 Å². The number of aromatic nitrogens is 7. The minimum absolute atomic E-state index is 0.00442. The zero-order valence-corrected chi connectivity index (χ0v) is 23.3. The number of hydrogen-bond donors (Lipinski definition) is 2. The van der Waals surface area contributed by atoms with Gasteiger partial charge in [-0.3, -0.25) is 14.4 Å². The maximum absolute atomic E-state index is 13.9. The molecule has 13 nitrogen and oxygen atoms in total. The molecule has 1 saturated heterocycles. The molecule has 41 heavy (non-hydrogen) atoms. The Balaban J connectivity index is 1.43. The van der Waals surface area contributed by atoms with Crippen LogP contribution in [0.15, 0.2) is 48.8 Å². The lowest BCUT2D eigenvalue weighted by Gasteiger charge is -2.34. The molecule has 13 heteroatoms. The highest BCUT2D eigenvalue weighted by Gasteiger charge is 2.30. The van der Waals surface area contributed by atoms with Crippen LogP contribution < -0.4 is 10.2 Å². The average molecular weight is 560 g/mol. The molecule has 0 radical (unpaired) electrons. The fourth-order valence-corrected chi connectivity index (χ4v) is 5.09. The van der Waals surface area contributed by atoms with Gasteiger partial charge in [-0.05, 0) is 60.8 Å². The first-order chi connectivity index (χ1) is 19.9. The Labute approximate surface area is 237 Å². The van der Waals surface area contributed by atoms with Gasteiger partial charge >= 0.3 is 6.16 Å². The molecule has 1 aliphatic rings. The van der Waals surface area contributed by atoms with Crippen molar-refractivity contribution in [3.05, 3.63) is 59.9 Å². The van der Waals surface area contributed by atoms with Crippen LogP contribution in [0.3, 0.4) is 0 Å². The maximum Gasteiger partial charge on any atom is 0.507 e. The molecule has 4 aromatic rings. The number of tetrazole rings is 1.